The zero-order valence-corrected chi connectivity index (χ0v) is 11.9. The van der Waals surface area contributed by atoms with Crippen molar-refractivity contribution in [1.82, 2.24) is 4.98 Å². The highest BCUT2D eigenvalue weighted by Crippen LogP contribution is 2.35. The first-order chi connectivity index (χ1) is 10.0. The lowest BCUT2D eigenvalue weighted by Gasteiger charge is -2.01. The van der Waals surface area contributed by atoms with Gasteiger partial charge in [0.2, 0.25) is 0 Å². The lowest BCUT2D eigenvalue weighted by Crippen LogP contribution is -1.88. The highest BCUT2D eigenvalue weighted by atomic mass is 32.1. The minimum atomic E-state index is -0.633. The van der Waals surface area contributed by atoms with Crippen molar-refractivity contribution in [2.24, 2.45) is 0 Å². The van der Waals surface area contributed by atoms with Gasteiger partial charge in [-0.2, -0.15) is 0 Å². The molecule has 1 N–H and O–H groups in total. The molecule has 3 aromatic rings. The van der Waals surface area contributed by atoms with E-state index in [0.29, 0.717) is 10.7 Å². The van der Waals surface area contributed by atoms with E-state index in [2.05, 4.69) is 4.98 Å². The van der Waals surface area contributed by atoms with Crippen LogP contribution in [0.5, 0.6) is 5.75 Å². The largest absolute Gasteiger partial charge is 0.508 e. The zero-order chi connectivity index (χ0) is 15.0. The second kappa shape index (κ2) is 5.26. The number of hydrogen-bond donors (Lipinski definition) is 1. The van der Waals surface area contributed by atoms with Gasteiger partial charge in [-0.1, -0.05) is 12.1 Å². The summed E-state index contributed by atoms with van der Waals surface area (Å²) >= 11 is 1.40. The lowest BCUT2D eigenvalue weighted by atomic mass is 10.1. The van der Waals surface area contributed by atoms with E-state index in [4.69, 9.17) is 0 Å². The minimum Gasteiger partial charge on any atom is -0.508 e. The first kappa shape index (κ1) is 13.7. The van der Waals surface area contributed by atoms with Gasteiger partial charge in [-0.15, -0.1) is 11.3 Å². The molecule has 0 aliphatic rings. The fourth-order valence-corrected chi connectivity index (χ4v) is 3.01. The summed E-state index contributed by atoms with van der Waals surface area (Å²) in [4.78, 5) is 5.26. The molecule has 0 fully saturated rings. The molecule has 0 aliphatic heterocycles. The molecule has 0 radical (unpaired) electrons. The molecule has 3 rings (SSSR count). The predicted molar refractivity (Wildman–Crippen MR) is 79.3 cm³/mol. The van der Waals surface area contributed by atoms with E-state index in [1.807, 2.05) is 13.0 Å². The van der Waals surface area contributed by atoms with E-state index < -0.39 is 11.6 Å². The van der Waals surface area contributed by atoms with Crippen LogP contribution in [0.1, 0.15) is 4.88 Å². The molecule has 0 bridgehead atoms. The summed E-state index contributed by atoms with van der Waals surface area (Å²) in [6.07, 6.45) is 0. The Morgan fingerprint density at radius 1 is 1.10 bits per heavy atom. The number of aryl methyl sites for hydroxylation is 1. The Labute approximate surface area is 124 Å². The van der Waals surface area contributed by atoms with Gasteiger partial charge in [0.15, 0.2) is 0 Å². The maximum atomic E-state index is 13.9. The molecule has 0 saturated heterocycles. The van der Waals surface area contributed by atoms with Crippen LogP contribution in [-0.2, 0) is 0 Å². The van der Waals surface area contributed by atoms with Crippen molar-refractivity contribution in [2.75, 3.05) is 0 Å². The average Bonchev–Trinajstić information content (AvgIpc) is 2.81. The van der Waals surface area contributed by atoms with E-state index in [0.717, 1.165) is 16.5 Å². The number of phenolic OH excluding ortho intramolecular Hbond substituents is 1. The van der Waals surface area contributed by atoms with Crippen molar-refractivity contribution in [1.29, 1.82) is 0 Å². The predicted octanol–water partition coefficient (Wildman–Crippen LogP) is 4.77. The van der Waals surface area contributed by atoms with Crippen LogP contribution < -0.4 is 0 Å². The van der Waals surface area contributed by atoms with Crippen LogP contribution >= 0.6 is 11.3 Å². The third-order valence-electron chi connectivity index (χ3n) is 3.08. The fourth-order valence-electron chi connectivity index (χ4n) is 2.09. The molecule has 106 valence electrons. The van der Waals surface area contributed by atoms with Gasteiger partial charge in [-0.3, -0.25) is 0 Å². The Morgan fingerprint density at radius 2 is 1.90 bits per heavy atom. The molecule has 0 atom stereocenters. The van der Waals surface area contributed by atoms with Gasteiger partial charge in [-0.25, -0.2) is 13.8 Å². The summed E-state index contributed by atoms with van der Waals surface area (Å²) < 4.78 is 26.9. The summed E-state index contributed by atoms with van der Waals surface area (Å²) in [5.41, 5.74) is 1.53. The van der Waals surface area contributed by atoms with Gasteiger partial charge in [0.05, 0.1) is 5.69 Å². The van der Waals surface area contributed by atoms with Gasteiger partial charge in [-0.05, 0) is 31.2 Å². The number of halogens is 2. The number of phenols is 1. The molecular formula is C16H11F2NOS. The molecule has 0 spiro atoms. The molecule has 2 aromatic carbocycles. The highest BCUT2D eigenvalue weighted by molar-refractivity contribution is 7.15. The van der Waals surface area contributed by atoms with E-state index in [-0.39, 0.29) is 11.3 Å². The van der Waals surface area contributed by atoms with Crippen LogP contribution in [0.3, 0.4) is 0 Å². The third kappa shape index (κ3) is 2.64. The topological polar surface area (TPSA) is 33.1 Å². The normalized spacial score (nSPS) is 10.8. The second-order valence-electron chi connectivity index (χ2n) is 4.60. The van der Waals surface area contributed by atoms with E-state index >= 15 is 0 Å². The molecule has 5 heteroatoms. The van der Waals surface area contributed by atoms with Crippen LogP contribution in [-0.4, -0.2) is 10.1 Å². The molecule has 0 aliphatic carbocycles. The first-order valence-corrected chi connectivity index (χ1v) is 7.08. The van der Waals surface area contributed by atoms with E-state index in [1.54, 1.807) is 18.2 Å². The summed E-state index contributed by atoms with van der Waals surface area (Å²) in [6, 6.07) is 10.2. The highest BCUT2D eigenvalue weighted by Gasteiger charge is 2.15. The smallest absolute Gasteiger partial charge is 0.135 e. The minimum absolute atomic E-state index is 0.148. The van der Waals surface area contributed by atoms with Crippen LogP contribution in [0.15, 0.2) is 42.5 Å². The molecular weight excluding hydrogens is 292 g/mol. The van der Waals surface area contributed by atoms with Gasteiger partial charge in [0.1, 0.15) is 22.4 Å². The fraction of sp³-hybridized carbons (Fsp3) is 0.0625. The van der Waals surface area contributed by atoms with Gasteiger partial charge >= 0.3 is 0 Å². The molecule has 1 aromatic heterocycles. The quantitative estimate of drug-likeness (QED) is 0.739. The molecule has 0 unspecified atom stereocenters. The molecule has 0 amide bonds. The summed E-state index contributed by atoms with van der Waals surface area (Å²) in [7, 11) is 0. The second-order valence-corrected chi connectivity index (χ2v) is 5.80. The lowest BCUT2D eigenvalue weighted by molar-refractivity contribution is 0.475. The number of thiazole rings is 1. The Hall–Kier alpha value is -2.27. The van der Waals surface area contributed by atoms with Crippen molar-refractivity contribution >= 4 is 11.3 Å². The SMILES string of the molecule is Cc1sc(-c2cccc(O)c2)nc1-c1ccc(F)cc1F. The van der Waals surface area contributed by atoms with E-state index in [1.165, 1.54) is 23.5 Å². The summed E-state index contributed by atoms with van der Waals surface area (Å²) in [5, 5.41) is 10.2. The van der Waals surface area contributed by atoms with Crippen molar-refractivity contribution < 1.29 is 13.9 Å². The maximum absolute atomic E-state index is 13.9. The van der Waals surface area contributed by atoms with Crippen LogP contribution in [0.25, 0.3) is 21.8 Å². The Morgan fingerprint density at radius 3 is 2.62 bits per heavy atom. The van der Waals surface area contributed by atoms with Gasteiger partial charge in [0.25, 0.3) is 0 Å². The van der Waals surface area contributed by atoms with Gasteiger partial charge < -0.3 is 5.11 Å². The molecule has 2 nitrogen and oxygen atoms in total. The van der Waals surface area contributed by atoms with Crippen molar-refractivity contribution in [3.63, 3.8) is 0 Å². The van der Waals surface area contributed by atoms with Crippen LogP contribution in [0, 0.1) is 18.6 Å². The Kier molecular flexibility index (Phi) is 3.43. The molecule has 0 saturated carbocycles. The standard InChI is InChI=1S/C16H11F2NOS/c1-9-15(13-6-5-11(17)8-14(13)18)19-16(21-9)10-3-2-4-12(20)7-10/h2-8,20H,1H3. The van der Waals surface area contributed by atoms with Crippen molar-refractivity contribution in [3.05, 3.63) is 59.0 Å². The molecule has 21 heavy (non-hydrogen) atoms. The monoisotopic (exact) mass is 303 g/mol. The number of nitrogens with zero attached hydrogens (tertiary/aromatic N) is 1. The maximum Gasteiger partial charge on any atom is 0.135 e. The number of aromatic nitrogens is 1. The Bertz CT molecular complexity index is 814. The summed E-state index contributed by atoms with van der Waals surface area (Å²) in [6.45, 7) is 1.84. The van der Waals surface area contributed by atoms with Crippen LogP contribution in [0.2, 0.25) is 0 Å². The van der Waals surface area contributed by atoms with Crippen LogP contribution in [0.4, 0.5) is 8.78 Å². The Balaban J connectivity index is 2.10. The van der Waals surface area contributed by atoms with E-state index in [9.17, 15) is 13.9 Å². The van der Waals surface area contributed by atoms with Gasteiger partial charge in [0, 0.05) is 22.1 Å². The average molecular weight is 303 g/mol. The number of hydrogen-bond acceptors (Lipinski definition) is 3. The molecule has 1 heterocycles. The summed E-state index contributed by atoms with van der Waals surface area (Å²) in [5.74, 6) is -1.10. The number of rotatable bonds is 2. The van der Waals surface area contributed by atoms with Crippen molar-refractivity contribution in [3.8, 4) is 27.6 Å². The zero-order valence-electron chi connectivity index (χ0n) is 11.1. The number of benzene rings is 2. The number of aromatic hydroxyl groups is 1. The van der Waals surface area contributed by atoms with Crippen molar-refractivity contribution in [2.45, 2.75) is 6.92 Å². The third-order valence-corrected chi connectivity index (χ3v) is 4.10. The first-order valence-electron chi connectivity index (χ1n) is 6.27.